The van der Waals surface area contributed by atoms with E-state index in [4.69, 9.17) is 12.6 Å². The van der Waals surface area contributed by atoms with Gasteiger partial charge in [0, 0.05) is 4.75 Å². The fraction of sp³-hybridized carbons (Fsp3) is 0.389. The van der Waals surface area contributed by atoms with Gasteiger partial charge in [0.05, 0.1) is 5.41 Å². The van der Waals surface area contributed by atoms with Crippen molar-refractivity contribution in [2.24, 2.45) is 0 Å². The average molecular weight is 286 g/mol. The molecule has 0 fully saturated rings. The van der Waals surface area contributed by atoms with E-state index in [1.54, 1.807) is 6.92 Å². The summed E-state index contributed by atoms with van der Waals surface area (Å²) in [5, 5.41) is 0. The lowest BCUT2D eigenvalue weighted by molar-refractivity contribution is -0.120. The largest absolute Gasteiger partial charge is 0.299 e. The lowest BCUT2D eigenvalue weighted by Gasteiger charge is -2.31. The highest BCUT2D eigenvalue weighted by Crippen LogP contribution is 2.38. The molecular formula is C18H22OS. The van der Waals surface area contributed by atoms with E-state index in [1.165, 1.54) is 0 Å². The van der Waals surface area contributed by atoms with Crippen molar-refractivity contribution in [1.82, 2.24) is 0 Å². The van der Waals surface area contributed by atoms with Crippen LogP contribution in [0.1, 0.15) is 39.2 Å². The van der Waals surface area contributed by atoms with E-state index in [-0.39, 0.29) is 10.5 Å². The number of allylic oxidation sites excluding steroid dienone is 3. The zero-order valence-electron chi connectivity index (χ0n) is 12.4. The molecule has 0 heterocycles. The molecule has 106 valence electrons. The third-order valence-electron chi connectivity index (χ3n) is 4.21. The molecule has 0 aromatic heterocycles. The van der Waals surface area contributed by atoms with Crippen molar-refractivity contribution in [1.29, 1.82) is 0 Å². The van der Waals surface area contributed by atoms with E-state index in [0.29, 0.717) is 0 Å². The lowest BCUT2D eigenvalue weighted by Crippen LogP contribution is -2.33. The van der Waals surface area contributed by atoms with Crippen molar-refractivity contribution >= 4 is 18.4 Å². The summed E-state index contributed by atoms with van der Waals surface area (Å²) in [6, 6.07) is 9.99. The van der Waals surface area contributed by atoms with Crippen LogP contribution in [-0.4, -0.2) is 10.5 Å². The molecule has 2 atom stereocenters. The van der Waals surface area contributed by atoms with Gasteiger partial charge in [-0.05, 0) is 44.7 Å². The summed E-state index contributed by atoms with van der Waals surface area (Å²) >= 11 is 4.73. The van der Waals surface area contributed by atoms with Crippen LogP contribution in [0.5, 0.6) is 0 Å². The monoisotopic (exact) mass is 286 g/mol. The van der Waals surface area contributed by atoms with E-state index in [2.05, 4.69) is 25.2 Å². The van der Waals surface area contributed by atoms with Crippen LogP contribution < -0.4 is 0 Å². The Morgan fingerprint density at radius 3 is 2.55 bits per heavy atom. The quantitative estimate of drug-likeness (QED) is 0.810. The first-order chi connectivity index (χ1) is 9.36. The molecule has 0 spiro atoms. The first-order valence-corrected chi connectivity index (χ1v) is 7.50. The predicted octanol–water partition coefficient (Wildman–Crippen LogP) is 4.50. The molecule has 1 aliphatic rings. The SMILES string of the molecule is CC(=O)C(C)(C1=CC(C)(S)CCC=C1)c1ccccc1. The van der Waals surface area contributed by atoms with Crippen LogP contribution in [0.2, 0.25) is 0 Å². The number of thiol groups is 1. The topological polar surface area (TPSA) is 17.1 Å². The van der Waals surface area contributed by atoms with Gasteiger partial charge in [0.1, 0.15) is 5.78 Å². The standard InChI is InChI=1S/C18H22OS/c1-14(19)18(3,15-9-5-4-6-10-15)16-11-7-8-12-17(2,20)13-16/h4-7,9-11,13,20H,8,12H2,1-3H3. The van der Waals surface area contributed by atoms with Gasteiger partial charge in [0.25, 0.3) is 0 Å². The van der Waals surface area contributed by atoms with Crippen molar-refractivity contribution in [2.75, 3.05) is 0 Å². The van der Waals surface area contributed by atoms with E-state index in [9.17, 15) is 4.79 Å². The highest BCUT2D eigenvalue weighted by molar-refractivity contribution is 7.82. The maximum Gasteiger partial charge on any atom is 0.144 e. The second kappa shape index (κ2) is 5.61. The van der Waals surface area contributed by atoms with Crippen LogP contribution in [0.3, 0.4) is 0 Å². The Kier molecular flexibility index (Phi) is 4.24. The summed E-state index contributed by atoms with van der Waals surface area (Å²) in [5.41, 5.74) is 1.48. The molecule has 0 N–H and O–H groups in total. The highest BCUT2D eigenvalue weighted by Gasteiger charge is 2.36. The minimum atomic E-state index is -0.605. The Hall–Kier alpha value is -1.28. The first-order valence-electron chi connectivity index (χ1n) is 7.05. The summed E-state index contributed by atoms with van der Waals surface area (Å²) in [6.45, 7) is 5.78. The molecule has 0 bridgehead atoms. The third kappa shape index (κ3) is 2.90. The molecule has 1 aromatic carbocycles. The van der Waals surface area contributed by atoms with Crippen LogP contribution >= 0.6 is 12.6 Å². The Balaban J connectivity index is 2.59. The van der Waals surface area contributed by atoms with Gasteiger partial charge in [-0.1, -0.05) is 48.6 Å². The molecule has 0 amide bonds. The number of benzene rings is 1. The van der Waals surface area contributed by atoms with Gasteiger partial charge < -0.3 is 0 Å². The number of hydrogen-bond acceptors (Lipinski definition) is 2. The number of carbonyl (C=O) groups is 1. The molecule has 0 radical (unpaired) electrons. The molecule has 1 aliphatic carbocycles. The van der Waals surface area contributed by atoms with Crippen molar-refractivity contribution < 1.29 is 4.79 Å². The summed E-state index contributed by atoms with van der Waals surface area (Å²) in [6.07, 6.45) is 8.36. The minimum Gasteiger partial charge on any atom is -0.299 e. The second-order valence-electron chi connectivity index (χ2n) is 5.95. The van der Waals surface area contributed by atoms with Gasteiger partial charge in [-0.15, -0.1) is 0 Å². The van der Waals surface area contributed by atoms with Gasteiger partial charge in [-0.2, -0.15) is 12.6 Å². The Labute approximate surface area is 127 Å². The average Bonchev–Trinajstić information content (AvgIpc) is 2.59. The van der Waals surface area contributed by atoms with Crippen molar-refractivity contribution in [3.8, 4) is 0 Å². The van der Waals surface area contributed by atoms with E-state index < -0.39 is 5.41 Å². The molecule has 0 saturated heterocycles. The Morgan fingerprint density at radius 2 is 1.95 bits per heavy atom. The van der Waals surface area contributed by atoms with Crippen LogP contribution in [0.4, 0.5) is 0 Å². The summed E-state index contributed by atoms with van der Waals surface area (Å²) in [7, 11) is 0. The van der Waals surface area contributed by atoms with Crippen molar-refractivity contribution in [3.05, 3.63) is 59.7 Å². The molecule has 1 aromatic rings. The highest BCUT2D eigenvalue weighted by atomic mass is 32.1. The van der Waals surface area contributed by atoms with Gasteiger partial charge in [-0.3, -0.25) is 4.79 Å². The summed E-state index contributed by atoms with van der Waals surface area (Å²) in [4.78, 5) is 12.4. The second-order valence-corrected chi connectivity index (χ2v) is 6.97. The first kappa shape index (κ1) is 15.1. The number of Topliss-reactive ketones (excluding diaryl/α,β-unsaturated/α-hetero) is 1. The molecule has 20 heavy (non-hydrogen) atoms. The van der Waals surface area contributed by atoms with E-state index >= 15 is 0 Å². The van der Waals surface area contributed by atoms with Crippen molar-refractivity contribution in [2.45, 2.75) is 43.8 Å². The molecule has 2 rings (SSSR count). The summed E-state index contributed by atoms with van der Waals surface area (Å²) in [5.74, 6) is 0.158. The maximum absolute atomic E-state index is 12.4. The zero-order chi connectivity index (χ0) is 14.8. The normalized spacial score (nSPS) is 25.5. The van der Waals surface area contributed by atoms with Crippen LogP contribution in [-0.2, 0) is 10.2 Å². The minimum absolute atomic E-state index is 0.158. The zero-order valence-corrected chi connectivity index (χ0v) is 13.3. The van der Waals surface area contributed by atoms with Crippen LogP contribution in [0.25, 0.3) is 0 Å². The molecule has 2 unspecified atom stereocenters. The molecule has 0 saturated carbocycles. The van der Waals surface area contributed by atoms with Crippen LogP contribution in [0, 0.1) is 0 Å². The number of hydrogen-bond donors (Lipinski definition) is 1. The predicted molar refractivity (Wildman–Crippen MR) is 88.3 cm³/mol. The molecular weight excluding hydrogens is 264 g/mol. The summed E-state index contributed by atoms with van der Waals surface area (Å²) < 4.78 is -0.176. The molecule has 1 nitrogen and oxygen atoms in total. The van der Waals surface area contributed by atoms with Gasteiger partial charge >= 0.3 is 0 Å². The number of ketones is 1. The smallest absolute Gasteiger partial charge is 0.144 e. The third-order valence-corrected chi connectivity index (χ3v) is 4.57. The number of carbonyl (C=O) groups excluding carboxylic acids is 1. The Morgan fingerprint density at radius 1 is 1.30 bits per heavy atom. The fourth-order valence-electron chi connectivity index (χ4n) is 2.70. The van der Waals surface area contributed by atoms with E-state index in [0.717, 1.165) is 24.0 Å². The number of rotatable bonds is 3. The fourth-order valence-corrected chi connectivity index (χ4v) is 2.97. The molecule has 2 heteroatoms. The van der Waals surface area contributed by atoms with Gasteiger partial charge in [0.2, 0.25) is 0 Å². The van der Waals surface area contributed by atoms with Crippen LogP contribution in [0.15, 0.2) is 54.1 Å². The van der Waals surface area contributed by atoms with E-state index in [1.807, 2.05) is 37.3 Å². The maximum atomic E-state index is 12.4. The van der Waals surface area contributed by atoms with Gasteiger partial charge in [0.15, 0.2) is 0 Å². The molecule has 0 aliphatic heterocycles. The van der Waals surface area contributed by atoms with Gasteiger partial charge in [-0.25, -0.2) is 0 Å². The van der Waals surface area contributed by atoms with Crippen molar-refractivity contribution in [3.63, 3.8) is 0 Å². The lowest BCUT2D eigenvalue weighted by atomic mass is 9.72. The Bertz CT molecular complexity index is 554.